The number of rotatable bonds is 2. The quantitative estimate of drug-likeness (QED) is 0.813. The van der Waals surface area contributed by atoms with Crippen LogP contribution in [-0.4, -0.2) is 12.1 Å². The Morgan fingerprint density at radius 1 is 1.20 bits per heavy atom. The van der Waals surface area contributed by atoms with Gasteiger partial charge in [-0.25, -0.2) is 4.98 Å². The van der Waals surface area contributed by atoms with Crippen molar-refractivity contribution in [2.75, 3.05) is 18.6 Å². The SMILES string of the molecule is COc1ccc(-c2nc(N)sc2N)cc1. The Labute approximate surface area is 91.5 Å². The lowest BCUT2D eigenvalue weighted by Crippen LogP contribution is -1.87. The highest BCUT2D eigenvalue weighted by molar-refractivity contribution is 7.19. The van der Waals surface area contributed by atoms with Gasteiger partial charge in [-0.3, -0.25) is 0 Å². The molecule has 0 bridgehead atoms. The first-order valence-electron chi connectivity index (χ1n) is 4.37. The molecule has 0 atom stereocenters. The summed E-state index contributed by atoms with van der Waals surface area (Å²) < 4.78 is 5.07. The standard InChI is InChI=1S/C10H11N3OS/c1-14-7-4-2-6(3-5-7)8-9(11)15-10(12)13-8/h2-5H,11H2,1H3,(H2,12,13). The number of nitrogen functional groups attached to an aromatic ring is 2. The number of nitrogens with two attached hydrogens (primary N) is 2. The Bertz CT molecular complexity index is 464. The molecule has 15 heavy (non-hydrogen) atoms. The van der Waals surface area contributed by atoms with E-state index in [-0.39, 0.29) is 0 Å². The Morgan fingerprint density at radius 3 is 2.33 bits per heavy atom. The lowest BCUT2D eigenvalue weighted by atomic mass is 10.1. The van der Waals surface area contributed by atoms with Crippen LogP contribution in [0.15, 0.2) is 24.3 Å². The predicted molar refractivity (Wildman–Crippen MR) is 62.9 cm³/mol. The van der Waals surface area contributed by atoms with Crippen molar-refractivity contribution in [3.63, 3.8) is 0 Å². The number of hydrogen-bond acceptors (Lipinski definition) is 5. The average Bonchev–Trinajstić information content (AvgIpc) is 2.58. The van der Waals surface area contributed by atoms with Gasteiger partial charge in [0.25, 0.3) is 0 Å². The third-order valence-electron chi connectivity index (χ3n) is 2.03. The second-order valence-electron chi connectivity index (χ2n) is 2.99. The molecule has 0 aliphatic heterocycles. The maximum absolute atomic E-state index is 5.79. The van der Waals surface area contributed by atoms with E-state index in [0.29, 0.717) is 10.1 Å². The summed E-state index contributed by atoms with van der Waals surface area (Å²) in [7, 11) is 1.63. The Morgan fingerprint density at radius 2 is 1.87 bits per heavy atom. The van der Waals surface area contributed by atoms with Crippen molar-refractivity contribution >= 4 is 21.5 Å². The molecule has 4 nitrogen and oxygen atoms in total. The van der Waals surface area contributed by atoms with E-state index in [4.69, 9.17) is 16.2 Å². The van der Waals surface area contributed by atoms with Gasteiger partial charge < -0.3 is 16.2 Å². The fourth-order valence-corrected chi connectivity index (χ4v) is 1.93. The molecule has 1 heterocycles. The minimum Gasteiger partial charge on any atom is -0.497 e. The normalized spacial score (nSPS) is 10.2. The number of aromatic nitrogens is 1. The van der Waals surface area contributed by atoms with Gasteiger partial charge in [-0.1, -0.05) is 11.3 Å². The monoisotopic (exact) mass is 221 g/mol. The molecule has 2 aromatic rings. The molecule has 2 rings (SSSR count). The van der Waals surface area contributed by atoms with E-state index < -0.39 is 0 Å². The van der Waals surface area contributed by atoms with Crippen LogP contribution < -0.4 is 16.2 Å². The van der Waals surface area contributed by atoms with Crippen molar-refractivity contribution in [1.82, 2.24) is 4.98 Å². The van der Waals surface area contributed by atoms with Crippen molar-refractivity contribution in [3.8, 4) is 17.0 Å². The van der Waals surface area contributed by atoms with Crippen LogP contribution in [0.1, 0.15) is 0 Å². The van der Waals surface area contributed by atoms with E-state index in [9.17, 15) is 0 Å². The summed E-state index contributed by atoms with van der Waals surface area (Å²) >= 11 is 1.29. The van der Waals surface area contributed by atoms with Gasteiger partial charge in [0.1, 0.15) is 16.4 Å². The van der Waals surface area contributed by atoms with Gasteiger partial charge in [0.05, 0.1) is 7.11 Å². The molecule has 0 fully saturated rings. The van der Waals surface area contributed by atoms with Gasteiger partial charge >= 0.3 is 0 Å². The van der Waals surface area contributed by atoms with Crippen LogP contribution in [0.25, 0.3) is 11.3 Å². The first-order valence-corrected chi connectivity index (χ1v) is 5.18. The van der Waals surface area contributed by atoms with E-state index >= 15 is 0 Å². The number of anilines is 2. The molecule has 0 unspecified atom stereocenters. The highest BCUT2D eigenvalue weighted by Crippen LogP contribution is 2.32. The Hall–Kier alpha value is -1.75. The fraction of sp³-hybridized carbons (Fsp3) is 0.100. The van der Waals surface area contributed by atoms with Crippen molar-refractivity contribution < 1.29 is 4.74 Å². The third-order valence-corrected chi connectivity index (χ3v) is 2.75. The van der Waals surface area contributed by atoms with E-state index in [1.807, 2.05) is 24.3 Å². The zero-order chi connectivity index (χ0) is 10.8. The molecule has 0 saturated carbocycles. The molecule has 78 valence electrons. The third kappa shape index (κ3) is 1.87. The number of nitrogens with zero attached hydrogens (tertiary/aromatic N) is 1. The molecule has 0 aliphatic carbocycles. The zero-order valence-corrected chi connectivity index (χ0v) is 9.04. The van der Waals surface area contributed by atoms with Gasteiger partial charge in [0, 0.05) is 5.56 Å². The largest absolute Gasteiger partial charge is 0.497 e. The first kappa shape index (κ1) is 9.79. The van der Waals surface area contributed by atoms with Gasteiger partial charge in [-0.2, -0.15) is 0 Å². The smallest absolute Gasteiger partial charge is 0.182 e. The summed E-state index contributed by atoms with van der Waals surface area (Å²) in [5.74, 6) is 0.806. The molecule has 1 aromatic carbocycles. The molecule has 0 aliphatic rings. The second-order valence-corrected chi connectivity index (χ2v) is 4.06. The molecule has 1 aromatic heterocycles. The maximum atomic E-state index is 5.79. The van der Waals surface area contributed by atoms with Crippen LogP contribution in [-0.2, 0) is 0 Å². The van der Waals surface area contributed by atoms with E-state index in [1.54, 1.807) is 7.11 Å². The highest BCUT2D eigenvalue weighted by atomic mass is 32.1. The van der Waals surface area contributed by atoms with Crippen LogP contribution in [0.3, 0.4) is 0 Å². The van der Waals surface area contributed by atoms with Crippen LogP contribution in [0.2, 0.25) is 0 Å². The number of hydrogen-bond donors (Lipinski definition) is 2. The van der Waals surface area contributed by atoms with E-state index in [2.05, 4.69) is 4.98 Å². The topological polar surface area (TPSA) is 74.2 Å². The fourth-order valence-electron chi connectivity index (χ4n) is 1.30. The summed E-state index contributed by atoms with van der Waals surface area (Å²) in [6, 6.07) is 7.54. The van der Waals surface area contributed by atoms with Crippen molar-refractivity contribution in [1.29, 1.82) is 0 Å². The number of ether oxygens (including phenoxy) is 1. The molecule has 4 N–H and O–H groups in total. The number of benzene rings is 1. The number of methoxy groups -OCH3 is 1. The van der Waals surface area contributed by atoms with E-state index in [0.717, 1.165) is 17.0 Å². The Balaban J connectivity index is 2.41. The zero-order valence-electron chi connectivity index (χ0n) is 8.23. The van der Waals surface area contributed by atoms with Crippen LogP contribution in [0, 0.1) is 0 Å². The van der Waals surface area contributed by atoms with Crippen molar-refractivity contribution in [2.45, 2.75) is 0 Å². The van der Waals surface area contributed by atoms with Crippen molar-refractivity contribution in [3.05, 3.63) is 24.3 Å². The van der Waals surface area contributed by atoms with Crippen molar-refractivity contribution in [2.24, 2.45) is 0 Å². The minimum absolute atomic E-state index is 0.485. The van der Waals surface area contributed by atoms with Gasteiger partial charge in [-0.05, 0) is 24.3 Å². The van der Waals surface area contributed by atoms with Gasteiger partial charge in [-0.15, -0.1) is 0 Å². The predicted octanol–water partition coefficient (Wildman–Crippen LogP) is 1.98. The molecule has 0 radical (unpaired) electrons. The average molecular weight is 221 g/mol. The highest BCUT2D eigenvalue weighted by Gasteiger charge is 2.08. The van der Waals surface area contributed by atoms with Crippen LogP contribution in [0.5, 0.6) is 5.75 Å². The second kappa shape index (κ2) is 3.78. The maximum Gasteiger partial charge on any atom is 0.182 e. The molecule has 0 spiro atoms. The molecular weight excluding hydrogens is 210 g/mol. The molecule has 0 saturated heterocycles. The number of thiazole rings is 1. The Kier molecular flexibility index (Phi) is 2.47. The summed E-state index contributed by atoms with van der Waals surface area (Å²) in [6.45, 7) is 0. The summed E-state index contributed by atoms with van der Waals surface area (Å²) in [5.41, 5.74) is 13.0. The van der Waals surface area contributed by atoms with Crippen LogP contribution in [0.4, 0.5) is 10.1 Å². The van der Waals surface area contributed by atoms with Gasteiger partial charge in [0.15, 0.2) is 5.13 Å². The molecule has 5 heteroatoms. The molecular formula is C10H11N3OS. The first-order chi connectivity index (χ1) is 7.20. The minimum atomic E-state index is 0.485. The summed E-state index contributed by atoms with van der Waals surface area (Å²) in [4.78, 5) is 4.17. The summed E-state index contributed by atoms with van der Waals surface area (Å²) in [5, 5.41) is 1.12. The summed E-state index contributed by atoms with van der Waals surface area (Å²) in [6.07, 6.45) is 0. The molecule has 0 amide bonds. The van der Waals surface area contributed by atoms with Crippen LogP contribution >= 0.6 is 11.3 Å². The lowest BCUT2D eigenvalue weighted by Gasteiger charge is -2.01. The van der Waals surface area contributed by atoms with E-state index in [1.165, 1.54) is 11.3 Å². The van der Waals surface area contributed by atoms with Gasteiger partial charge in [0.2, 0.25) is 0 Å². The lowest BCUT2D eigenvalue weighted by molar-refractivity contribution is 0.415.